The smallest absolute Gasteiger partial charge is 0.317 e. The first-order valence-corrected chi connectivity index (χ1v) is 8.32. The van der Waals surface area contributed by atoms with Gasteiger partial charge in [0.1, 0.15) is 0 Å². The molecule has 0 saturated carbocycles. The van der Waals surface area contributed by atoms with E-state index in [9.17, 15) is 4.79 Å². The summed E-state index contributed by atoms with van der Waals surface area (Å²) in [6.07, 6.45) is 2.59. The Morgan fingerprint density at radius 3 is 3.23 bits per heavy atom. The summed E-state index contributed by atoms with van der Waals surface area (Å²) in [5.74, 6) is 0.812. The van der Waals surface area contributed by atoms with Crippen LogP contribution < -0.4 is 5.32 Å². The molecule has 7 heteroatoms. The normalized spacial score (nSPS) is 13.8. The standard InChI is InChI=1S/C15H19N5OS/c1-11-12-10-20(8-5-13(12)19-18-11)15(21)17-7-9-22-14-4-2-3-6-16-14/h2-4,6H,5,7-10H2,1H3,(H,17,21)(H,18,19). The predicted octanol–water partition coefficient (Wildman–Crippen LogP) is 1.97. The minimum absolute atomic E-state index is 0.00660. The number of aryl methyl sites for hydroxylation is 1. The third-order valence-electron chi connectivity index (χ3n) is 3.68. The molecule has 3 heterocycles. The molecule has 0 unspecified atom stereocenters. The Bertz CT molecular complexity index is 643. The van der Waals surface area contributed by atoms with E-state index in [0.717, 1.165) is 40.7 Å². The molecule has 3 rings (SSSR count). The first kappa shape index (κ1) is 14.9. The number of aromatic amines is 1. The van der Waals surface area contributed by atoms with Crippen LogP contribution in [0.1, 0.15) is 17.0 Å². The van der Waals surface area contributed by atoms with Crippen LogP contribution in [0.25, 0.3) is 0 Å². The number of H-pyrrole nitrogens is 1. The van der Waals surface area contributed by atoms with Crippen LogP contribution in [-0.4, -0.2) is 45.0 Å². The van der Waals surface area contributed by atoms with Gasteiger partial charge in [-0.25, -0.2) is 9.78 Å². The van der Waals surface area contributed by atoms with Crippen LogP contribution in [0, 0.1) is 6.92 Å². The molecule has 2 aromatic rings. The number of carbonyl (C=O) groups is 1. The summed E-state index contributed by atoms with van der Waals surface area (Å²) in [5.41, 5.74) is 3.30. The molecule has 0 aliphatic carbocycles. The van der Waals surface area contributed by atoms with Crippen molar-refractivity contribution in [3.8, 4) is 0 Å². The predicted molar refractivity (Wildman–Crippen MR) is 85.8 cm³/mol. The molecule has 22 heavy (non-hydrogen) atoms. The van der Waals surface area contributed by atoms with E-state index in [1.54, 1.807) is 18.0 Å². The van der Waals surface area contributed by atoms with Crippen molar-refractivity contribution in [1.29, 1.82) is 0 Å². The van der Waals surface area contributed by atoms with Gasteiger partial charge in [-0.2, -0.15) is 5.10 Å². The second-order valence-electron chi connectivity index (χ2n) is 5.19. The number of rotatable bonds is 4. The highest BCUT2D eigenvalue weighted by molar-refractivity contribution is 7.99. The maximum Gasteiger partial charge on any atom is 0.317 e. The van der Waals surface area contributed by atoms with E-state index < -0.39 is 0 Å². The lowest BCUT2D eigenvalue weighted by Gasteiger charge is -2.26. The molecule has 2 N–H and O–H groups in total. The van der Waals surface area contributed by atoms with Crippen LogP contribution in [0.15, 0.2) is 29.4 Å². The van der Waals surface area contributed by atoms with E-state index in [2.05, 4.69) is 20.5 Å². The second-order valence-corrected chi connectivity index (χ2v) is 6.31. The zero-order valence-corrected chi connectivity index (χ0v) is 13.3. The zero-order chi connectivity index (χ0) is 15.4. The number of fused-ring (bicyclic) bond motifs is 1. The maximum absolute atomic E-state index is 12.2. The Labute approximate surface area is 133 Å². The van der Waals surface area contributed by atoms with Crippen LogP contribution in [-0.2, 0) is 13.0 Å². The highest BCUT2D eigenvalue weighted by Crippen LogP contribution is 2.19. The fourth-order valence-electron chi connectivity index (χ4n) is 2.46. The third-order valence-corrected chi connectivity index (χ3v) is 4.63. The second kappa shape index (κ2) is 6.83. The summed E-state index contributed by atoms with van der Waals surface area (Å²) < 4.78 is 0. The number of amides is 2. The monoisotopic (exact) mass is 317 g/mol. The Balaban J connectivity index is 1.44. The van der Waals surface area contributed by atoms with Crippen molar-refractivity contribution in [2.75, 3.05) is 18.8 Å². The molecule has 0 atom stereocenters. The largest absolute Gasteiger partial charge is 0.337 e. The van der Waals surface area contributed by atoms with Crippen LogP contribution in [0.3, 0.4) is 0 Å². The van der Waals surface area contributed by atoms with Crippen molar-refractivity contribution in [2.24, 2.45) is 0 Å². The Hall–Kier alpha value is -2.02. The summed E-state index contributed by atoms with van der Waals surface area (Å²) in [4.78, 5) is 18.3. The SMILES string of the molecule is Cc1[nH]nc2c1CN(C(=O)NCCSc1ccccn1)CC2. The van der Waals surface area contributed by atoms with Gasteiger partial charge in [-0.1, -0.05) is 6.07 Å². The van der Waals surface area contributed by atoms with Gasteiger partial charge < -0.3 is 10.2 Å². The molecule has 1 aliphatic rings. The van der Waals surface area contributed by atoms with Crippen LogP contribution in [0.5, 0.6) is 0 Å². The molecule has 0 aromatic carbocycles. The number of nitrogens with one attached hydrogen (secondary N) is 2. The van der Waals surface area contributed by atoms with E-state index in [1.807, 2.05) is 30.0 Å². The van der Waals surface area contributed by atoms with Gasteiger partial charge in [0.05, 0.1) is 17.3 Å². The molecule has 1 aliphatic heterocycles. The van der Waals surface area contributed by atoms with E-state index in [4.69, 9.17) is 0 Å². The first-order valence-electron chi connectivity index (χ1n) is 7.33. The lowest BCUT2D eigenvalue weighted by atomic mass is 10.1. The van der Waals surface area contributed by atoms with Gasteiger partial charge in [0, 0.05) is 42.7 Å². The van der Waals surface area contributed by atoms with E-state index in [1.165, 1.54) is 0 Å². The quantitative estimate of drug-likeness (QED) is 0.668. The molecule has 6 nitrogen and oxygen atoms in total. The number of pyridine rings is 1. The minimum Gasteiger partial charge on any atom is -0.337 e. The van der Waals surface area contributed by atoms with Crippen molar-refractivity contribution < 1.29 is 4.79 Å². The average molecular weight is 317 g/mol. The Morgan fingerprint density at radius 1 is 1.50 bits per heavy atom. The van der Waals surface area contributed by atoms with Crippen molar-refractivity contribution in [2.45, 2.75) is 24.9 Å². The Morgan fingerprint density at radius 2 is 2.41 bits per heavy atom. The minimum atomic E-state index is -0.00660. The molecule has 0 radical (unpaired) electrons. The third kappa shape index (κ3) is 3.41. The number of carbonyl (C=O) groups excluding carboxylic acids is 1. The molecule has 0 fully saturated rings. The van der Waals surface area contributed by atoms with Crippen molar-refractivity contribution in [1.82, 2.24) is 25.4 Å². The van der Waals surface area contributed by atoms with Crippen LogP contribution in [0.2, 0.25) is 0 Å². The van der Waals surface area contributed by atoms with Gasteiger partial charge in [0.25, 0.3) is 0 Å². The van der Waals surface area contributed by atoms with Crippen LogP contribution >= 0.6 is 11.8 Å². The summed E-state index contributed by atoms with van der Waals surface area (Å²) in [5, 5.41) is 11.2. The lowest BCUT2D eigenvalue weighted by molar-refractivity contribution is 0.193. The van der Waals surface area contributed by atoms with Gasteiger partial charge in [-0.3, -0.25) is 5.10 Å². The van der Waals surface area contributed by atoms with Crippen molar-refractivity contribution >= 4 is 17.8 Å². The van der Waals surface area contributed by atoms with Crippen LogP contribution in [0.4, 0.5) is 4.79 Å². The van der Waals surface area contributed by atoms with Gasteiger partial charge in [-0.15, -0.1) is 11.8 Å². The van der Waals surface area contributed by atoms with Gasteiger partial charge in [-0.05, 0) is 19.1 Å². The molecular weight excluding hydrogens is 298 g/mol. The fraction of sp³-hybridized carbons (Fsp3) is 0.400. The van der Waals surface area contributed by atoms with Gasteiger partial charge in [0.2, 0.25) is 0 Å². The van der Waals surface area contributed by atoms with E-state index in [0.29, 0.717) is 13.1 Å². The molecule has 0 bridgehead atoms. The van der Waals surface area contributed by atoms with Crippen molar-refractivity contribution in [3.63, 3.8) is 0 Å². The highest BCUT2D eigenvalue weighted by atomic mass is 32.2. The van der Waals surface area contributed by atoms with E-state index >= 15 is 0 Å². The number of hydrogen-bond donors (Lipinski definition) is 2. The number of nitrogens with zero attached hydrogens (tertiary/aromatic N) is 3. The number of thioether (sulfide) groups is 1. The van der Waals surface area contributed by atoms with Gasteiger partial charge >= 0.3 is 6.03 Å². The molecule has 2 amide bonds. The van der Waals surface area contributed by atoms with Gasteiger partial charge in [0.15, 0.2) is 0 Å². The topological polar surface area (TPSA) is 73.9 Å². The Kier molecular flexibility index (Phi) is 4.62. The number of hydrogen-bond acceptors (Lipinski definition) is 4. The summed E-state index contributed by atoms with van der Waals surface area (Å²) in [7, 11) is 0. The fourth-order valence-corrected chi connectivity index (χ4v) is 3.18. The summed E-state index contributed by atoms with van der Waals surface area (Å²) in [6, 6.07) is 5.83. The lowest BCUT2D eigenvalue weighted by Crippen LogP contribution is -2.43. The van der Waals surface area contributed by atoms with E-state index in [-0.39, 0.29) is 6.03 Å². The molecule has 116 valence electrons. The average Bonchev–Trinajstić information content (AvgIpc) is 2.93. The molecule has 0 spiro atoms. The maximum atomic E-state index is 12.2. The number of urea groups is 1. The molecular formula is C15H19N5OS. The molecule has 2 aromatic heterocycles. The highest BCUT2D eigenvalue weighted by Gasteiger charge is 2.23. The first-order chi connectivity index (χ1) is 10.7. The number of aromatic nitrogens is 3. The summed E-state index contributed by atoms with van der Waals surface area (Å²) >= 11 is 1.64. The summed E-state index contributed by atoms with van der Waals surface area (Å²) in [6.45, 7) is 3.98. The van der Waals surface area contributed by atoms with Crippen molar-refractivity contribution in [3.05, 3.63) is 41.3 Å². The molecule has 0 saturated heterocycles. The zero-order valence-electron chi connectivity index (χ0n) is 12.5.